The Hall–Kier alpha value is -2.42. The number of benzene rings is 1. The molecule has 1 rings (SSSR count). The number of aryl methyl sites for hydroxylation is 2. The molecule has 16 heteroatoms. The van der Waals surface area contributed by atoms with Gasteiger partial charge < -0.3 is 9.47 Å². The Balaban J connectivity index is 3.25. The lowest BCUT2D eigenvalue weighted by Gasteiger charge is -2.39. The zero-order valence-electron chi connectivity index (χ0n) is 20.4. The topological polar surface area (TPSA) is 35.5 Å². The van der Waals surface area contributed by atoms with Crippen LogP contribution in [-0.4, -0.2) is 48.6 Å². The average molecular weight is 582 g/mol. The van der Waals surface area contributed by atoms with Crippen LogP contribution in [0.3, 0.4) is 0 Å². The summed E-state index contributed by atoms with van der Waals surface area (Å²) >= 11 is 0. The van der Waals surface area contributed by atoms with Gasteiger partial charge >= 0.3 is 41.9 Å². The van der Waals surface area contributed by atoms with Gasteiger partial charge in [-0.25, -0.2) is 0 Å². The van der Waals surface area contributed by atoms with Crippen molar-refractivity contribution in [3.05, 3.63) is 28.8 Å². The molecule has 0 radical (unpaired) electrons. The molecule has 0 heterocycles. The Morgan fingerprint density at radius 2 is 1.16 bits per heavy atom. The van der Waals surface area contributed by atoms with Gasteiger partial charge in [-0.05, 0) is 62.9 Å². The number of ether oxygens (including phenoxy) is 2. The number of alkyl halides is 13. The van der Waals surface area contributed by atoms with Gasteiger partial charge in [0.1, 0.15) is 5.75 Å². The first kappa shape index (κ1) is 33.6. The van der Waals surface area contributed by atoms with E-state index in [0.717, 1.165) is 0 Å². The first-order valence-electron chi connectivity index (χ1n) is 10.6. The molecule has 0 fully saturated rings. The minimum absolute atomic E-state index is 0.00869. The van der Waals surface area contributed by atoms with Crippen molar-refractivity contribution in [3.63, 3.8) is 0 Å². The number of esters is 1. The van der Waals surface area contributed by atoms with Crippen LogP contribution < -0.4 is 4.74 Å². The van der Waals surface area contributed by atoms with Crippen molar-refractivity contribution in [3.8, 4) is 5.75 Å². The molecule has 220 valence electrons. The van der Waals surface area contributed by atoms with E-state index in [1.54, 1.807) is 20.8 Å². The van der Waals surface area contributed by atoms with Crippen molar-refractivity contribution in [2.24, 2.45) is 5.41 Å². The molecule has 0 aliphatic carbocycles. The molecule has 0 aliphatic heterocycles. The highest BCUT2D eigenvalue weighted by atomic mass is 19.4. The summed E-state index contributed by atoms with van der Waals surface area (Å²) in [6.45, 7) is 7.14. The standard InChI is InChI=1S/C22H23F13O3/c1-6-16(4,5)15(36)37-8-7-14-11(2)9-13(10-12(14)3)38-22(34,35)20(29,30)18(25,26)17(23,24)19(27,28)21(31,32)33/h9-10H,6-8H2,1-5H3. The van der Waals surface area contributed by atoms with E-state index in [1.165, 1.54) is 13.8 Å². The van der Waals surface area contributed by atoms with Crippen LogP contribution in [0.2, 0.25) is 0 Å². The first-order chi connectivity index (χ1) is 16.7. The zero-order chi connectivity index (χ0) is 30.3. The highest BCUT2D eigenvalue weighted by Gasteiger charge is 2.91. The average Bonchev–Trinajstić information content (AvgIpc) is 2.73. The van der Waals surface area contributed by atoms with Crippen molar-refractivity contribution in [2.45, 2.75) is 83.4 Å². The van der Waals surface area contributed by atoms with Gasteiger partial charge in [-0.15, -0.1) is 0 Å². The highest BCUT2D eigenvalue weighted by Crippen LogP contribution is 2.60. The van der Waals surface area contributed by atoms with Crippen LogP contribution in [-0.2, 0) is 16.0 Å². The van der Waals surface area contributed by atoms with Crippen LogP contribution in [0.4, 0.5) is 57.1 Å². The van der Waals surface area contributed by atoms with Crippen molar-refractivity contribution in [1.29, 1.82) is 0 Å². The van der Waals surface area contributed by atoms with E-state index in [2.05, 4.69) is 4.74 Å². The third-order valence-electron chi connectivity index (χ3n) is 5.84. The lowest BCUT2D eigenvalue weighted by molar-refractivity contribution is -0.456. The van der Waals surface area contributed by atoms with Gasteiger partial charge in [0.15, 0.2) is 0 Å². The molecule has 0 N–H and O–H groups in total. The summed E-state index contributed by atoms with van der Waals surface area (Å²) < 4.78 is 181. The molecule has 3 nitrogen and oxygen atoms in total. The maximum absolute atomic E-state index is 14.0. The van der Waals surface area contributed by atoms with E-state index >= 15 is 0 Å². The SMILES string of the molecule is CCC(C)(C)C(=O)OCCc1c(C)cc(OC(F)(F)C(F)(F)C(F)(F)C(F)(F)C(F)(F)C(F)(F)F)cc1C. The van der Waals surface area contributed by atoms with Crippen molar-refractivity contribution < 1.29 is 71.3 Å². The molecule has 0 saturated carbocycles. The molecule has 0 spiro atoms. The minimum Gasteiger partial charge on any atom is -0.465 e. The number of carbonyl (C=O) groups is 1. The second-order valence-electron chi connectivity index (χ2n) is 9.07. The zero-order valence-corrected chi connectivity index (χ0v) is 20.4. The van der Waals surface area contributed by atoms with Crippen LogP contribution in [0, 0.1) is 19.3 Å². The van der Waals surface area contributed by atoms with E-state index in [1.807, 2.05) is 0 Å². The smallest absolute Gasteiger partial charge is 0.465 e. The molecule has 1 aromatic carbocycles. The summed E-state index contributed by atoms with van der Waals surface area (Å²) in [6, 6.07) is 1.15. The second-order valence-corrected chi connectivity index (χ2v) is 9.07. The van der Waals surface area contributed by atoms with Gasteiger partial charge in [0, 0.05) is 6.42 Å². The number of halogens is 13. The quantitative estimate of drug-likeness (QED) is 0.197. The maximum atomic E-state index is 14.0. The van der Waals surface area contributed by atoms with Gasteiger partial charge in [-0.2, -0.15) is 57.1 Å². The molecule has 0 bridgehead atoms. The maximum Gasteiger partial charge on any atom is 0.471 e. The fourth-order valence-electron chi connectivity index (χ4n) is 2.96. The fraction of sp³-hybridized carbons (Fsp3) is 0.682. The summed E-state index contributed by atoms with van der Waals surface area (Å²) in [4.78, 5) is 12.0. The van der Waals surface area contributed by atoms with Crippen LogP contribution in [0.25, 0.3) is 0 Å². The summed E-state index contributed by atoms with van der Waals surface area (Å²) in [6.07, 6.45) is -13.8. The summed E-state index contributed by atoms with van der Waals surface area (Å²) in [5.74, 6) is -33.2. The number of hydrogen-bond donors (Lipinski definition) is 0. The molecular formula is C22H23F13O3. The fourth-order valence-corrected chi connectivity index (χ4v) is 2.96. The summed E-state index contributed by atoms with van der Waals surface area (Å²) in [7, 11) is 0. The van der Waals surface area contributed by atoms with Crippen LogP contribution in [0.1, 0.15) is 43.9 Å². The van der Waals surface area contributed by atoms with Crippen LogP contribution in [0.15, 0.2) is 12.1 Å². The largest absolute Gasteiger partial charge is 0.471 e. The van der Waals surface area contributed by atoms with Gasteiger partial charge in [0.25, 0.3) is 0 Å². The molecule has 0 aromatic heterocycles. The molecule has 0 atom stereocenters. The predicted molar refractivity (Wildman–Crippen MR) is 106 cm³/mol. The molecule has 0 amide bonds. The van der Waals surface area contributed by atoms with E-state index < -0.39 is 53.1 Å². The predicted octanol–water partition coefficient (Wildman–Crippen LogP) is 7.90. The molecular weight excluding hydrogens is 559 g/mol. The Kier molecular flexibility index (Phi) is 9.09. The number of hydrogen-bond acceptors (Lipinski definition) is 3. The first-order valence-corrected chi connectivity index (χ1v) is 10.6. The van der Waals surface area contributed by atoms with E-state index in [0.29, 0.717) is 24.1 Å². The van der Waals surface area contributed by atoms with Gasteiger partial charge in [0.2, 0.25) is 0 Å². The lowest BCUT2D eigenvalue weighted by Crippen LogP contribution is -2.70. The Labute approximate surface area is 208 Å². The van der Waals surface area contributed by atoms with E-state index in [4.69, 9.17) is 4.74 Å². The number of carbonyl (C=O) groups excluding carboxylic acids is 1. The van der Waals surface area contributed by atoms with Gasteiger partial charge in [-0.3, -0.25) is 4.79 Å². The molecule has 1 aromatic rings. The molecule has 0 saturated heterocycles. The third-order valence-corrected chi connectivity index (χ3v) is 5.84. The summed E-state index contributed by atoms with van der Waals surface area (Å²) in [5, 5.41) is 0. The molecule has 0 unspecified atom stereocenters. The molecule has 0 aliphatic rings. The minimum atomic E-state index is -8.01. The van der Waals surface area contributed by atoms with Crippen molar-refractivity contribution in [1.82, 2.24) is 0 Å². The second kappa shape index (κ2) is 10.3. The Bertz CT molecular complexity index is 991. The Morgan fingerprint density at radius 3 is 1.55 bits per heavy atom. The normalized spacial score (nSPS) is 14.5. The Morgan fingerprint density at radius 1 is 0.737 bits per heavy atom. The van der Waals surface area contributed by atoms with E-state index in [9.17, 15) is 61.9 Å². The monoisotopic (exact) mass is 582 g/mol. The van der Waals surface area contributed by atoms with Crippen LogP contribution >= 0.6 is 0 Å². The highest BCUT2D eigenvalue weighted by molar-refractivity contribution is 5.75. The lowest BCUT2D eigenvalue weighted by atomic mass is 9.91. The summed E-state index contributed by atoms with van der Waals surface area (Å²) in [5.41, 5.74) is -0.533. The van der Waals surface area contributed by atoms with Crippen LogP contribution in [0.5, 0.6) is 5.75 Å². The molecule has 38 heavy (non-hydrogen) atoms. The van der Waals surface area contributed by atoms with Gasteiger partial charge in [-0.1, -0.05) is 6.92 Å². The van der Waals surface area contributed by atoms with Crippen molar-refractivity contribution >= 4 is 5.97 Å². The van der Waals surface area contributed by atoms with Gasteiger partial charge in [0.05, 0.1) is 12.0 Å². The van der Waals surface area contributed by atoms with Crippen molar-refractivity contribution in [2.75, 3.05) is 6.61 Å². The van der Waals surface area contributed by atoms with E-state index in [-0.39, 0.29) is 24.2 Å². The number of rotatable bonds is 11. The third kappa shape index (κ3) is 5.77.